The summed E-state index contributed by atoms with van der Waals surface area (Å²) in [6.45, 7) is 3.24. The van der Waals surface area contributed by atoms with E-state index >= 15 is 0 Å². The summed E-state index contributed by atoms with van der Waals surface area (Å²) in [5.41, 5.74) is 0.0337. The van der Waals surface area contributed by atoms with Gasteiger partial charge in [0.1, 0.15) is 5.60 Å². The molecule has 1 fully saturated rings. The highest BCUT2D eigenvalue weighted by Gasteiger charge is 2.39. The van der Waals surface area contributed by atoms with Gasteiger partial charge in [0.05, 0.1) is 12.3 Å². The van der Waals surface area contributed by atoms with Gasteiger partial charge < -0.3 is 9.84 Å². The summed E-state index contributed by atoms with van der Waals surface area (Å²) < 4.78 is 9.49. The van der Waals surface area contributed by atoms with Crippen LogP contribution in [-0.2, 0) is 10.3 Å². The van der Waals surface area contributed by atoms with Crippen LogP contribution in [0.15, 0.2) is 11.4 Å². The van der Waals surface area contributed by atoms with E-state index < -0.39 is 5.60 Å². The number of aliphatic hydroxyl groups is 1. The molecule has 1 aliphatic heterocycles. The first-order valence-corrected chi connectivity index (χ1v) is 5.28. The van der Waals surface area contributed by atoms with Crippen molar-refractivity contribution in [3.05, 3.63) is 17.1 Å². The lowest BCUT2D eigenvalue weighted by molar-refractivity contribution is -0.113. The maximum absolute atomic E-state index is 10.4. The molecule has 2 rings (SSSR count). The second-order valence-electron chi connectivity index (χ2n) is 3.53. The van der Waals surface area contributed by atoms with Crippen LogP contribution in [0, 0.1) is 5.92 Å². The monoisotopic (exact) mass is 199 g/mol. The highest BCUT2D eigenvalue weighted by Crippen LogP contribution is 2.35. The van der Waals surface area contributed by atoms with E-state index in [2.05, 4.69) is 4.37 Å². The van der Waals surface area contributed by atoms with E-state index in [1.807, 2.05) is 18.4 Å². The quantitative estimate of drug-likeness (QED) is 0.743. The zero-order valence-corrected chi connectivity index (χ0v) is 8.38. The molecule has 0 radical (unpaired) electrons. The molecule has 1 N–H and O–H groups in total. The smallest absolute Gasteiger partial charge is 0.114 e. The Bertz CT molecular complexity index is 275. The maximum atomic E-state index is 10.4. The lowest BCUT2D eigenvalue weighted by Gasteiger charge is -2.36. The second kappa shape index (κ2) is 3.36. The van der Waals surface area contributed by atoms with Crippen molar-refractivity contribution in [3.63, 3.8) is 0 Å². The minimum Gasteiger partial charge on any atom is -0.383 e. The van der Waals surface area contributed by atoms with Crippen molar-refractivity contribution < 1.29 is 9.84 Å². The molecule has 4 heteroatoms. The summed E-state index contributed by atoms with van der Waals surface area (Å²) in [4.78, 5) is 0. The van der Waals surface area contributed by atoms with Crippen LogP contribution in [0.25, 0.3) is 0 Å². The highest BCUT2D eigenvalue weighted by atomic mass is 32.1. The van der Waals surface area contributed by atoms with Crippen molar-refractivity contribution in [2.75, 3.05) is 13.2 Å². The first-order chi connectivity index (χ1) is 6.23. The molecule has 0 aromatic carbocycles. The van der Waals surface area contributed by atoms with Crippen molar-refractivity contribution in [2.45, 2.75) is 18.9 Å². The number of ether oxygens (including phenoxy) is 1. The molecule has 0 bridgehead atoms. The molecule has 0 saturated carbocycles. The Hall–Kier alpha value is -0.450. The van der Waals surface area contributed by atoms with Crippen LogP contribution >= 0.6 is 11.5 Å². The number of nitrogens with zero attached hydrogens (tertiary/aromatic N) is 1. The van der Waals surface area contributed by atoms with Crippen molar-refractivity contribution >= 4 is 11.5 Å². The zero-order chi connectivity index (χ0) is 9.31. The van der Waals surface area contributed by atoms with Gasteiger partial charge in [0, 0.05) is 24.3 Å². The molecule has 0 spiro atoms. The van der Waals surface area contributed by atoms with Gasteiger partial charge in [-0.25, -0.2) is 0 Å². The summed E-state index contributed by atoms with van der Waals surface area (Å²) >= 11 is 1.38. The van der Waals surface area contributed by atoms with Gasteiger partial charge in [-0.15, -0.1) is 0 Å². The van der Waals surface area contributed by atoms with Gasteiger partial charge in [0.25, 0.3) is 0 Å². The molecule has 1 aromatic rings. The fraction of sp³-hybridized carbons (Fsp3) is 0.667. The average molecular weight is 199 g/mol. The standard InChI is InChI=1S/C9H13NO2S/c1-7-6-12-4-3-9(7,11)8-2-5-13-10-8/h2,5,7,11H,3-4,6H2,1H3. The third-order valence-corrected chi connectivity index (χ3v) is 3.25. The summed E-state index contributed by atoms with van der Waals surface area (Å²) in [5.74, 6) is 0.128. The van der Waals surface area contributed by atoms with Crippen LogP contribution in [0.4, 0.5) is 0 Å². The van der Waals surface area contributed by atoms with E-state index in [1.165, 1.54) is 11.5 Å². The van der Waals surface area contributed by atoms with Crippen molar-refractivity contribution in [1.82, 2.24) is 4.37 Å². The Labute approximate surface area is 81.5 Å². The van der Waals surface area contributed by atoms with Crippen LogP contribution in [0.2, 0.25) is 0 Å². The summed E-state index contributed by atoms with van der Waals surface area (Å²) in [6.07, 6.45) is 0.651. The molecule has 2 heterocycles. The first-order valence-electron chi connectivity index (χ1n) is 4.44. The topological polar surface area (TPSA) is 42.4 Å². The van der Waals surface area contributed by atoms with Crippen LogP contribution < -0.4 is 0 Å². The molecule has 13 heavy (non-hydrogen) atoms. The zero-order valence-electron chi connectivity index (χ0n) is 7.56. The van der Waals surface area contributed by atoms with E-state index in [-0.39, 0.29) is 5.92 Å². The Morgan fingerprint density at radius 3 is 3.23 bits per heavy atom. The Morgan fingerprint density at radius 1 is 1.77 bits per heavy atom. The molecule has 72 valence electrons. The van der Waals surface area contributed by atoms with E-state index in [0.29, 0.717) is 19.6 Å². The molecule has 1 aliphatic rings. The van der Waals surface area contributed by atoms with Gasteiger partial charge in [-0.05, 0) is 17.6 Å². The molecule has 0 amide bonds. The van der Waals surface area contributed by atoms with Crippen LogP contribution in [0.1, 0.15) is 19.0 Å². The van der Waals surface area contributed by atoms with Crippen LogP contribution in [0.5, 0.6) is 0 Å². The molecular weight excluding hydrogens is 186 g/mol. The van der Waals surface area contributed by atoms with Crippen molar-refractivity contribution in [3.8, 4) is 0 Å². The number of rotatable bonds is 1. The Kier molecular flexibility index (Phi) is 2.36. The summed E-state index contributed by atoms with van der Waals surface area (Å²) in [5, 5.41) is 12.3. The van der Waals surface area contributed by atoms with Gasteiger partial charge in [0.2, 0.25) is 0 Å². The fourth-order valence-electron chi connectivity index (χ4n) is 1.69. The Morgan fingerprint density at radius 2 is 2.62 bits per heavy atom. The minimum atomic E-state index is -0.766. The summed E-state index contributed by atoms with van der Waals surface area (Å²) in [7, 11) is 0. The van der Waals surface area contributed by atoms with Crippen molar-refractivity contribution in [2.24, 2.45) is 5.92 Å². The van der Waals surface area contributed by atoms with Gasteiger partial charge in [-0.1, -0.05) is 6.92 Å². The van der Waals surface area contributed by atoms with E-state index in [1.54, 1.807) is 0 Å². The lowest BCUT2D eigenvalue weighted by Crippen LogP contribution is -2.41. The molecule has 2 unspecified atom stereocenters. The summed E-state index contributed by atoms with van der Waals surface area (Å²) in [6, 6.07) is 1.90. The van der Waals surface area contributed by atoms with E-state index in [4.69, 9.17) is 4.74 Å². The van der Waals surface area contributed by atoms with Gasteiger partial charge in [-0.2, -0.15) is 4.37 Å². The number of aromatic nitrogens is 1. The largest absolute Gasteiger partial charge is 0.383 e. The number of hydrogen-bond donors (Lipinski definition) is 1. The predicted molar refractivity (Wildman–Crippen MR) is 50.6 cm³/mol. The third-order valence-electron chi connectivity index (χ3n) is 2.69. The van der Waals surface area contributed by atoms with Crippen LogP contribution in [-0.4, -0.2) is 22.7 Å². The average Bonchev–Trinajstić information content (AvgIpc) is 2.63. The van der Waals surface area contributed by atoms with Gasteiger partial charge in [-0.3, -0.25) is 0 Å². The third kappa shape index (κ3) is 1.49. The SMILES string of the molecule is CC1COCCC1(O)c1ccsn1. The van der Waals surface area contributed by atoms with Crippen molar-refractivity contribution in [1.29, 1.82) is 0 Å². The maximum Gasteiger partial charge on any atom is 0.114 e. The molecule has 0 aliphatic carbocycles. The highest BCUT2D eigenvalue weighted by molar-refractivity contribution is 7.03. The van der Waals surface area contributed by atoms with E-state index in [0.717, 1.165) is 5.69 Å². The second-order valence-corrected chi connectivity index (χ2v) is 4.20. The normalized spacial score (nSPS) is 34.8. The molecule has 1 saturated heterocycles. The molecule has 3 nitrogen and oxygen atoms in total. The van der Waals surface area contributed by atoms with Gasteiger partial charge in [0.15, 0.2) is 0 Å². The fourth-order valence-corrected chi connectivity index (χ4v) is 2.27. The number of hydrogen-bond acceptors (Lipinski definition) is 4. The predicted octanol–water partition coefficient (Wildman–Crippen LogP) is 1.39. The van der Waals surface area contributed by atoms with Crippen LogP contribution in [0.3, 0.4) is 0 Å². The molecule has 1 aromatic heterocycles. The van der Waals surface area contributed by atoms with E-state index in [9.17, 15) is 5.11 Å². The van der Waals surface area contributed by atoms with Gasteiger partial charge >= 0.3 is 0 Å². The Balaban J connectivity index is 2.27. The first kappa shape index (κ1) is 9.12. The minimum absolute atomic E-state index is 0.128. The lowest BCUT2D eigenvalue weighted by atomic mass is 9.82. The molecule has 2 atom stereocenters. The molecular formula is C9H13NO2S.